The highest BCUT2D eigenvalue weighted by Crippen LogP contribution is 2.38. The Balaban J connectivity index is 1.40. The van der Waals surface area contributed by atoms with Gasteiger partial charge in [0.15, 0.2) is 5.79 Å². The predicted molar refractivity (Wildman–Crippen MR) is 109 cm³/mol. The van der Waals surface area contributed by atoms with E-state index >= 15 is 0 Å². The van der Waals surface area contributed by atoms with Gasteiger partial charge in [-0.1, -0.05) is 41.9 Å². The van der Waals surface area contributed by atoms with Crippen molar-refractivity contribution < 1.29 is 9.47 Å². The van der Waals surface area contributed by atoms with Gasteiger partial charge in [0.05, 0.1) is 24.4 Å². The van der Waals surface area contributed by atoms with E-state index in [0.717, 1.165) is 66.2 Å². The zero-order valence-electron chi connectivity index (χ0n) is 15.1. The van der Waals surface area contributed by atoms with Crippen LogP contribution in [0.3, 0.4) is 0 Å². The fourth-order valence-corrected chi connectivity index (χ4v) is 4.53. The van der Waals surface area contributed by atoms with E-state index in [9.17, 15) is 0 Å². The van der Waals surface area contributed by atoms with Crippen LogP contribution in [0.2, 0.25) is 5.02 Å². The number of benzene rings is 2. The van der Waals surface area contributed by atoms with Crippen molar-refractivity contribution in [3.63, 3.8) is 0 Å². The van der Waals surface area contributed by atoms with Crippen molar-refractivity contribution in [3.8, 4) is 11.3 Å². The Labute approximate surface area is 163 Å². The average molecular weight is 383 g/mol. The van der Waals surface area contributed by atoms with Crippen LogP contribution in [-0.2, 0) is 9.47 Å². The van der Waals surface area contributed by atoms with Crippen LogP contribution < -0.4 is 5.32 Å². The lowest BCUT2D eigenvalue weighted by Crippen LogP contribution is -2.39. The summed E-state index contributed by atoms with van der Waals surface area (Å²) >= 11 is 6.40. The van der Waals surface area contributed by atoms with E-state index in [-0.39, 0.29) is 5.79 Å². The maximum absolute atomic E-state index is 6.40. The molecule has 1 saturated heterocycles. The van der Waals surface area contributed by atoms with Gasteiger partial charge in [0.25, 0.3) is 0 Å². The Kier molecular flexibility index (Phi) is 4.35. The summed E-state index contributed by atoms with van der Waals surface area (Å²) in [6.45, 7) is 1.44. The molecule has 5 heteroatoms. The lowest BCUT2D eigenvalue weighted by Gasteiger charge is -2.36. The monoisotopic (exact) mass is 382 g/mol. The molecular formula is C22H23ClN2O2. The normalized spacial score (nSPS) is 19.7. The largest absolute Gasteiger partial charge is 0.381 e. The highest BCUT2D eigenvalue weighted by Gasteiger charge is 2.40. The van der Waals surface area contributed by atoms with Crippen molar-refractivity contribution in [1.29, 1.82) is 0 Å². The summed E-state index contributed by atoms with van der Waals surface area (Å²) in [4.78, 5) is 3.58. The second-order valence-corrected chi connectivity index (χ2v) is 7.93. The molecule has 2 aromatic carbocycles. The molecule has 1 saturated carbocycles. The van der Waals surface area contributed by atoms with E-state index in [1.165, 1.54) is 5.56 Å². The van der Waals surface area contributed by atoms with Crippen LogP contribution in [0.25, 0.3) is 22.2 Å². The lowest BCUT2D eigenvalue weighted by molar-refractivity contribution is -0.177. The summed E-state index contributed by atoms with van der Waals surface area (Å²) in [5, 5.41) is 5.58. The number of rotatable bonds is 3. The van der Waals surface area contributed by atoms with E-state index in [2.05, 4.69) is 40.6 Å². The van der Waals surface area contributed by atoms with E-state index < -0.39 is 0 Å². The molecule has 140 valence electrons. The number of aromatic amines is 1. The first kappa shape index (κ1) is 17.1. The Morgan fingerprint density at radius 1 is 1.00 bits per heavy atom. The van der Waals surface area contributed by atoms with Gasteiger partial charge in [-0.2, -0.15) is 0 Å². The molecule has 2 heterocycles. The molecule has 1 aliphatic carbocycles. The molecular weight excluding hydrogens is 360 g/mol. The number of anilines is 1. The Morgan fingerprint density at radius 3 is 2.48 bits per heavy atom. The molecule has 0 amide bonds. The molecule has 0 radical (unpaired) electrons. The minimum atomic E-state index is -0.325. The molecule has 1 aliphatic heterocycles. The number of ether oxygens (including phenoxy) is 2. The molecule has 0 atom stereocenters. The number of aromatic nitrogens is 1. The van der Waals surface area contributed by atoms with E-state index in [0.29, 0.717) is 6.04 Å². The predicted octanol–water partition coefficient (Wildman–Crippen LogP) is 5.59. The SMILES string of the molecule is Clc1cc(NC2CCC3(CC2)OCCO3)c2[nH]c(-c3ccccc3)cc2c1. The third kappa shape index (κ3) is 3.33. The molecule has 5 rings (SSSR count). The van der Waals surface area contributed by atoms with Crippen LogP contribution in [0.5, 0.6) is 0 Å². The van der Waals surface area contributed by atoms with Gasteiger partial charge in [0.2, 0.25) is 0 Å². The third-order valence-corrected chi connectivity index (χ3v) is 5.92. The molecule has 2 fully saturated rings. The number of fused-ring (bicyclic) bond motifs is 1. The minimum absolute atomic E-state index is 0.325. The fraction of sp³-hybridized carbons (Fsp3) is 0.364. The van der Waals surface area contributed by atoms with Crippen LogP contribution in [0.15, 0.2) is 48.5 Å². The van der Waals surface area contributed by atoms with E-state index in [1.54, 1.807) is 0 Å². The Hall–Kier alpha value is -2.01. The van der Waals surface area contributed by atoms with Gasteiger partial charge in [-0.05, 0) is 36.6 Å². The van der Waals surface area contributed by atoms with Crippen molar-refractivity contribution in [1.82, 2.24) is 4.98 Å². The van der Waals surface area contributed by atoms with E-state index in [4.69, 9.17) is 21.1 Å². The average Bonchev–Trinajstić information content (AvgIpc) is 3.32. The van der Waals surface area contributed by atoms with Crippen molar-refractivity contribution in [2.45, 2.75) is 37.5 Å². The Morgan fingerprint density at radius 2 is 1.74 bits per heavy atom. The molecule has 27 heavy (non-hydrogen) atoms. The quantitative estimate of drug-likeness (QED) is 0.621. The first-order valence-electron chi connectivity index (χ1n) is 9.63. The molecule has 0 unspecified atom stereocenters. The maximum Gasteiger partial charge on any atom is 0.168 e. The van der Waals surface area contributed by atoms with Gasteiger partial charge in [-0.25, -0.2) is 0 Å². The van der Waals surface area contributed by atoms with Crippen LogP contribution in [0, 0.1) is 0 Å². The second kappa shape index (κ2) is 6.86. The maximum atomic E-state index is 6.40. The summed E-state index contributed by atoms with van der Waals surface area (Å²) < 4.78 is 11.7. The van der Waals surface area contributed by atoms with Crippen LogP contribution in [0.1, 0.15) is 25.7 Å². The summed E-state index contributed by atoms with van der Waals surface area (Å²) in [5.74, 6) is -0.325. The molecule has 1 spiro atoms. The van der Waals surface area contributed by atoms with Gasteiger partial charge in [-0.3, -0.25) is 0 Å². The second-order valence-electron chi connectivity index (χ2n) is 7.49. The van der Waals surface area contributed by atoms with Crippen LogP contribution >= 0.6 is 11.6 Å². The molecule has 2 aliphatic rings. The third-order valence-electron chi connectivity index (χ3n) is 5.70. The molecule has 1 aromatic heterocycles. The van der Waals surface area contributed by atoms with Crippen molar-refractivity contribution in [2.75, 3.05) is 18.5 Å². The summed E-state index contributed by atoms with van der Waals surface area (Å²) in [6, 6.07) is 17.0. The fourth-order valence-electron chi connectivity index (χ4n) is 4.30. The first-order valence-corrected chi connectivity index (χ1v) is 10.0. The van der Waals surface area contributed by atoms with Crippen LogP contribution in [-0.4, -0.2) is 30.0 Å². The van der Waals surface area contributed by atoms with Gasteiger partial charge < -0.3 is 19.8 Å². The first-order chi connectivity index (χ1) is 13.2. The van der Waals surface area contributed by atoms with Gasteiger partial charge >= 0.3 is 0 Å². The van der Waals surface area contributed by atoms with Crippen molar-refractivity contribution in [3.05, 3.63) is 53.6 Å². The minimum Gasteiger partial charge on any atom is -0.381 e. The van der Waals surface area contributed by atoms with Crippen molar-refractivity contribution >= 4 is 28.2 Å². The lowest BCUT2D eigenvalue weighted by atomic mass is 9.90. The number of hydrogen-bond acceptors (Lipinski definition) is 3. The zero-order valence-corrected chi connectivity index (χ0v) is 15.9. The van der Waals surface area contributed by atoms with Crippen molar-refractivity contribution in [2.24, 2.45) is 0 Å². The highest BCUT2D eigenvalue weighted by atomic mass is 35.5. The van der Waals surface area contributed by atoms with Crippen LogP contribution in [0.4, 0.5) is 5.69 Å². The Bertz CT molecular complexity index is 938. The number of halogens is 1. The summed E-state index contributed by atoms with van der Waals surface area (Å²) in [6.07, 6.45) is 3.93. The number of nitrogens with one attached hydrogen (secondary N) is 2. The highest BCUT2D eigenvalue weighted by molar-refractivity contribution is 6.32. The summed E-state index contributed by atoms with van der Waals surface area (Å²) in [7, 11) is 0. The standard InChI is InChI=1S/C22H23ClN2O2/c23-17-12-16-13-19(15-4-2-1-3-5-15)25-21(16)20(14-17)24-18-6-8-22(9-7-18)26-10-11-27-22/h1-5,12-14,18,24-25H,6-11H2. The molecule has 3 aromatic rings. The van der Waals surface area contributed by atoms with Gasteiger partial charge in [0.1, 0.15) is 0 Å². The number of H-pyrrole nitrogens is 1. The van der Waals surface area contributed by atoms with E-state index in [1.807, 2.05) is 18.2 Å². The molecule has 2 N–H and O–H groups in total. The molecule has 4 nitrogen and oxygen atoms in total. The topological polar surface area (TPSA) is 46.3 Å². The van der Waals surface area contributed by atoms with Gasteiger partial charge in [-0.15, -0.1) is 0 Å². The smallest absolute Gasteiger partial charge is 0.168 e. The summed E-state index contributed by atoms with van der Waals surface area (Å²) in [5.41, 5.74) is 4.44. The number of hydrogen-bond donors (Lipinski definition) is 2. The zero-order chi connectivity index (χ0) is 18.3. The van der Waals surface area contributed by atoms with Gasteiger partial charge in [0, 0.05) is 35.0 Å². The molecule has 0 bridgehead atoms.